The topological polar surface area (TPSA) is 53.6 Å². The number of aromatic amines is 1. The summed E-state index contributed by atoms with van der Waals surface area (Å²) in [7, 11) is 0. The highest BCUT2D eigenvalue weighted by Gasteiger charge is 2.15. The van der Waals surface area contributed by atoms with Gasteiger partial charge in [-0.25, -0.2) is 9.97 Å². The highest BCUT2D eigenvalue weighted by molar-refractivity contribution is 5.84. The van der Waals surface area contributed by atoms with Crippen molar-refractivity contribution in [3.05, 3.63) is 42.9 Å². The summed E-state index contributed by atoms with van der Waals surface area (Å²) >= 11 is 0. The van der Waals surface area contributed by atoms with E-state index in [2.05, 4.69) is 44.5 Å². The molecule has 0 bridgehead atoms. The Bertz CT molecular complexity index is 739. The average molecular weight is 278 g/mol. The smallest absolute Gasteiger partial charge is 0.222 e. The summed E-state index contributed by atoms with van der Waals surface area (Å²) < 4.78 is 0. The summed E-state index contributed by atoms with van der Waals surface area (Å²) in [5.74, 6) is 0.744. The minimum Gasteiger partial charge on any atom is -0.361 e. The first-order valence-corrected chi connectivity index (χ1v) is 7.54. The molecular formula is C17H18N4. The van der Waals surface area contributed by atoms with E-state index in [0.717, 1.165) is 22.6 Å². The molecular weight excluding hydrogens is 260 g/mol. The van der Waals surface area contributed by atoms with Crippen LogP contribution in [0.4, 0.5) is 5.95 Å². The van der Waals surface area contributed by atoms with E-state index in [-0.39, 0.29) is 0 Å². The highest BCUT2D eigenvalue weighted by Crippen LogP contribution is 2.24. The summed E-state index contributed by atoms with van der Waals surface area (Å²) in [5.41, 5.74) is 3.35. The van der Waals surface area contributed by atoms with Gasteiger partial charge in [-0.05, 0) is 42.0 Å². The van der Waals surface area contributed by atoms with Gasteiger partial charge in [0.05, 0.1) is 0 Å². The Morgan fingerprint density at radius 1 is 1.00 bits per heavy atom. The highest BCUT2D eigenvalue weighted by atomic mass is 15.1. The van der Waals surface area contributed by atoms with Crippen LogP contribution >= 0.6 is 0 Å². The molecule has 1 aromatic carbocycles. The number of anilines is 1. The Morgan fingerprint density at radius 2 is 1.81 bits per heavy atom. The molecule has 0 atom stereocenters. The van der Waals surface area contributed by atoms with Crippen LogP contribution in [0.3, 0.4) is 0 Å². The Balaban J connectivity index is 1.57. The standard InChI is InChI=1S/C17H18N4/c1-2-4-15(3-1)21-17-19-10-14(11-20-17)12-5-6-16-13(9-12)7-8-18-16/h5-11,15,18H,1-4H2,(H,19,20,21). The fraction of sp³-hybridized carbons (Fsp3) is 0.294. The van der Waals surface area contributed by atoms with Crippen LogP contribution < -0.4 is 5.32 Å². The Hall–Kier alpha value is -2.36. The van der Waals surface area contributed by atoms with E-state index >= 15 is 0 Å². The Kier molecular flexibility index (Phi) is 3.07. The first kappa shape index (κ1) is 12.4. The summed E-state index contributed by atoms with van der Waals surface area (Å²) in [6, 6.07) is 8.98. The molecule has 21 heavy (non-hydrogen) atoms. The molecule has 1 saturated carbocycles. The van der Waals surface area contributed by atoms with Gasteiger partial charge in [-0.1, -0.05) is 18.9 Å². The van der Waals surface area contributed by atoms with Gasteiger partial charge in [0.25, 0.3) is 0 Å². The average Bonchev–Trinajstić information content (AvgIpc) is 3.18. The lowest BCUT2D eigenvalue weighted by Crippen LogP contribution is -2.16. The second-order valence-corrected chi connectivity index (χ2v) is 5.70. The largest absolute Gasteiger partial charge is 0.361 e. The second-order valence-electron chi connectivity index (χ2n) is 5.70. The lowest BCUT2D eigenvalue weighted by atomic mass is 10.1. The molecule has 0 unspecified atom stereocenters. The van der Waals surface area contributed by atoms with E-state index in [4.69, 9.17) is 0 Å². The zero-order chi connectivity index (χ0) is 14.1. The van der Waals surface area contributed by atoms with Crippen molar-refractivity contribution >= 4 is 16.9 Å². The maximum absolute atomic E-state index is 4.46. The van der Waals surface area contributed by atoms with Crippen molar-refractivity contribution in [3.63, 3.8) is 0 Å². The van der Waals surface area contributed by atoms with E-state index < -0.39 is 0 Å². The van der Waals surface area contributed by atoms with Gasteiger partial charge in [-0.2, -0.15) is 0 Å². The van der Waals surface area contributed by atoms with Crippen LogP contribution in [0.15, 0.2) is 42.9 Å². The zero-order valence-electron chi connectivity index (χ0n) is 11.8. The first-order valence-electron chi connectivity index (χ1n) is 7.54. The molecule has 1 aliphatic carbocycles. The van der Waals surface area contributed by atoms with Crippen molar-refractivity contribution in [1.29, 1.82) is 0 Å². The van der Waals surface area contributed by atoms with Crippen molar-refractivity contribution < 1.29 is 0 Å². The summed E-state index contributed by atoms with van der Waals surface area (Å²) in [6.07, 6.45) is 10.8. The summed E-state index contributed by atoms with van der Waals surface area (Å²) in [6.45, 7) is 0. The third kappa shape index (κ3) is 2.49. The molecule has 2 aromatic heterocycles. The third-order valence-electron chi connectivity index (χ3n) is 4.23. The molecule has 0 amide bonds. The number of nitrogens with zero attached hydrogens (tertiary/aromatic N) is 2. The van der Waals surface area contributed by atoms with Crippen molar-refractivity contribution in [1.82, 2.24) is 15.0 Å². The number of hydrogen-bond donors (Lipinski definition) is 2. The molecule has 2 heterocycles. The van der Waals surface area contributed by atoms with Gasteiger partial charge in [0, 0.05) is 35.7 Å². The van der Waals surface area contributed by atoms with Gasteiger partial charge in [0.2, 0.25) is 5.95 Å². The number of benzene rings is 1. The molecule has 106 valence electrons. The molecule has 0 aliphatic heterocycles. The second kappa shape index (κ2) is 5.20. The molecule has 2 N–H and O–H groups in total. The van der Waals surface area contributed by atoms with Gasteiger partial charge >= 0.3 is 0 Å². The fourth-order valence-electron chi connectivity index (χ4n) is 3.04. The van der Waals surface area contributed by atoms with Gasteiger partial charge in [0.1, 0.15) is 0 Å². The van der Waals surface area contributed by atoms with Crippen LogP contribution in [0.2, 0.25) is 0 Å². The first-order chi connectivity index (χ1) is 10.4. The fourth-order valence-corrected chi connectivity index (χ4v) is 3.04. The summed E-state index contributed by atoms with van der Waals surface area (Å²) in [4.78, 5) is 12.1. The number of hydrogen-bond acceptors (Lipinski definition) is 3. The SMILES string of the molecule is c1cc2cc(-c3cnc(NC4CCCC4)nc3)ccc2[nH]1. The molecule has 4 heteroatoms. The minimum absolute atomic E-state index is 0.548. The lowest BCUT2D eigenvalue weighted by molar-refractivity contribution is 0.744. The van der Waals surface area contributed by atoms with Crippen molar-refractivity contribution in [2.45, 2.75) is 31.7 Å². The van der Waals surface area contributed by atoms with Crippen LogP contribution in [0.25, 0.3) is 22.0 Å². The van der Waals surface area contributed by atoms with Crippen molar-refractivity contribution in [3.8, 4) is 11.1 Å². The minimum atomic E-state index is 0.548. The van der Waals surface area contributed by atoms with Crippen LogP contribution in [0.5, 0.6) is 0 Å². The molecule has 4 nitrogen and oxygen atoms in total. The molecule has 0 radical (unpaired) electrons. The van der Waals surface area contributed by atoms with E-state index in [1.54, 1.807) is 0 Å². The molecule has 1 fully saturated rings. The quantitative estimate of drug-likeness (QED) is 0.762. The number of rotatable bonds is 3. The number of aromatic nitrogens is 3. The Morgan fingerprint density at radius 3 is 2.62 bits per heavy atom. The van der Waals surface area contributed by atoms with Crippen molar-refractivity contribution in [2.24, 2.45) is 0 Å². The lowest BCUT2D eigenvalue weighted by Gasteiger charge is -2.11. The number of nitrogens with one attached hydrogen (secondary N) is 2. The van der Waals surface area contributed by atoms with Crippen LogP contribution in [0.1, 0.15) is 25.7 Å². The maximum Gasteiger partial charge on any atom is 0.222 e. The summed E-state index contributed by atoms with van der Waals surface area (Å²) in [5, 5.41) is 4.63. The van der Waals surface area contributed by atoms with Gasteiger partial charge < -0.3 is 10.3 Å². The molecule has 0 saturated heterocycles. The van der Waals surface area contributed by atoms with Crippen molar-refractivity contribution in [2.75, 3.05) is 5.32 Å². The van der Waals surface area contributed by atoms with Gasteiger partial charge in [-0.15, -0.1) is 0 Å². The van der Waals surface area contributed by atoms with E-state index in [1.165, 1.54) is 31.1 Å². The van der Waals surface area contributed by atoms with E-state index in [9.17, 15) is 0 Å². The maximum atomic E-state index is 4.46. The predicted molar refractivity (Wildman–Crippen MR) is 85.2 cm³/mol. The zero-order valence-corrected chi connectivity index (χ0v) is 11.8. The predicted octanol–water partition coefficient (Wildman–Crippen LogP) is 3.98. The van der Waals surface area contributed by atoms with Gasteiger partial charge in [-0.3, -0.25) is 0 Å². The third-order valence-corrected chi connectivity index (χ3v) is 4.23. The molecule has 0 spiro atoms. The van der Waals surface area contributed by atoms with E-state index in [0.29, 0.717) is 6.04 Å². The van der Waals surface area contributed by atoms with Crippen LogP contribution in [-0.2, 0) is 0 Å². The monoisotopic (exact) mass is 278 g/mol. The van der Waals surface area contributed by atoms with Crippen LogP contribution in [-0.4, -0.2) is 21.0 Å². The Labute approximate surface area is 123 Å². The molecule has 1 aliphatic rings. The number of H-pyrrole nitrogens is 1. The molecule has 4 rings (SSSR count). The van der Waals surface area contributed by atoms with E-state index in [1.807, 2.05) is 18.6 Å². The molecule has 3 aromatic rings. The van der Waals surface area contributed by atoms with Crippen LogP contribution in [0, 0.1) is 0 Å². The van der Waals surface area contributed by atoms with Gasteiger partial charge in [0.15, 0.2) is 0 Å². The normalized spacial score (nSPS) is 15.6. The number of fused-ring (bicyclic) bond motifs is 1.